The average molecular weight is 289 g/mol. The fourth-order valence-corrected chi connectivity index (χ4v) is 2.83. The van der Waals surface area contributed by atoms with Crippen molar-refractivity contribution >= 4 is 23.2 Å². The highest BCUT2D eigenvalue weighted by Crippen LogP contribution is 2.27. The minimum Gasteiger partial charge on any atom is -0.376 e. The van der Waals surface area contributed by atoms with Crippen LogP contribution in [0.5, 0.6) is 0 Å². The van der Waals surface area contributed by atoms with Crippen molar-refractivity contribution in [3.8, 4) is 0 Å². The molecule has 0 aliphatic carbocycles. The highest BCUT2D eigenvalue weighted by atomic mass is 35.5. The topological polar surface area (TPSA) is 47.3 Å². The van der Waals surface area contributed by atoms with Crippen molar-refractivity contribution in [3.63, 3.8) is 0 Å². The molecule has 1 saturated heterocycles. The molecule has 100 valence electrons. The smallest absolute Gasteiger partial charge is 0.0771 e. The van der Waals surface area contributed by atoms with Crippen molar-refractivity contribution < 1.29 is 4.74 Å². The van der Waals surface area contributed by atoms with Crippen LogP contribution in [0.15, 0.2) is 18.2 Å². The molecule has 0 aromatic heterocycles. The van der Waals surface area contributed by atoms with Gasteiger partial charge in [-0.2, -0.15) is 0 Å². The molecule has 3 unspecified atom stereocenters. The van der Waals surface area contributed by atoms with E-state index in [9.17, 15) is 0 Å². The minimum atomic E-state index is 0.0541. The van der Waals surface area contributed by atoms with Crippen LogP contribution in [0.1, 0.15) is 18.9 Å². The second-order valence-electron chi connectivity index (χ2n) is 4.81. The van der Waals surface area contributed by atoms with Gasteiger partial charge in [-0.15, -0.1) is 0 Å². The number of nitrogens with two attached hydrogens (primary N) is 1. The van der Waals surface area contributed by atoms with Gasteiger partial charge >= 0.3 is 0 Å². The molecule has 1 aliphatic heterocycles. The van der Waals surface area contributed by atoms with Gasteiger partial charge in [-0.1, -0.05) is 30.1 Å². The van der Waals surface area contributed by atoms with Crippen LogP contribution in [-0.2, 0) is 11.2 Å². The Morgan fingerprint density at radius 2 is 2.28 bits per heavy atom. The van der Waals surface area contributed by atoms with Crippen molar-refractivity contribution in [2.75, 3.05) is 6.61 Å². The van der Waals surface area contributed by atoms with Gasteiger partial charge in [0, 0.05) is 16.7 Å². The Balaban J connectivity index is 2.12. The Bertz CT molecular complexity index is 414. The standard InChI is InChI=1S/C13H18Cl2N2O/c1-8-4-5-18-13(8)12(17-16)7-9-6-10(14)2-3-11(9)15/h2-3,6,8,12-13,17H,4-5,7,16H2,1H3. The Kier molecular flexibility index (Phi) is 4.87. The van der Waals surface area contributed by atoms with Crippen molar-refractivity contribution in [2.24, 2.45) is 11.8 Å². The van der Waals surface area contributed by atoms with Crippen LogP contribution in [0.2, 0.25) is 10.0 Å². The van der Waals surface area contributed by atoms with Crippen LogP contribution in [0, 0.1) is 5.92 Å². The molecule has 2 rings (SSSR count). The highest BCUT2D eigenvalue weighted by Gasteiger charge is 2.31. The zero-order valence-electron chi connectivity index (χ0n) is 10.3. The van der Waals surface area contributed by atoms with E-state index in [0.717, 1.165) is 18.6 Å². The summed E-state index contributed by atoms with van der Waals surface area (Å²) in [5.41, 5.74) is 3.84. The fourth-order valence-electron chi connectivity index (χ4n) is 2.44. The number of nitrogens with one attached hydrogen (secondary N) is 1. The van der Waals surface area contributed by atoms with Crippen LogP contribution in [0.4, 0.5) is 0 Å². The molecule has 1 fully saturated rings. The maximum Gasteiger partial charge on any atom is 0.0771 e. The van der Waals surface area contributed by atoms with Crippen molar-refractivity contribution in [1.82, 2.24) is 5.43 Å². The molecular weight excluding hydrogens is 271 g/mol. The van der Waals surface area contributed by atoms with E-state index in [0.29, 0.717) is 22.4 Å². The monoisotopic (exact) mass is 288 g/mol. The van der Waals surface area contributed by atoms with E-state index in [4.69, 9.17) is 33.8 Å². The first-order chi connectivity index (χ1) is 8.61. The second kappa shape index (κ2) is 6.22. The highest BCUT2D eigenvalue weighted by molar-refractivity contribution is 6.33. The van der Waals surface area contributed by atoms with E-state index in [-0.39, 0.29) is 12.1 Å². The molecule has 3 atom stereocenters. The van der Waals surface area contributed by atoms with Gasteiger partial charge in [-0.25, -0.2) is 0 Å². The summed E-state index contributed by atoms with van der Waals surface area (Å²) in [5.74, 6) is 6.15. The van der Waals surface area contributed by atoms with Crippen LogP contribution in [0.3, 0.4) is 0 Å². The summed E-state index contributed by atoms with van der Waals surface area (Å²) >= 11 is 12.2. The lowest BCUT2D eigenvalue weighted by atomic mass is 9.93. The Hall–Kier alpha value is -0.320. The van der Waals surface area contributed by atoms with Gasteiger partial charge in [0.05, 0.1) is 12.1 Å². The number of halogens is 2. The quantitative estimate of drug-likeness (QED) is 0.662. The third kappa shape index (κ3) is 3.16. The zero-order chi connectivity index (χ0) is 13.1. The minimum absolute atomic E-state index is 0.0541. The van der Waals surface area contributed by atoms with E-state index >= 15 is 0 Å². The number of hydrazine groups is 1. The second-order valence-corrected chi connectivity index (χ2v) is 5.66. The third-order valence-corrected chi connectivity index (χ3v) is 4.11. The lowest BCUT2D eigenvalue weighted by Gasteiger charge is -2.25. The zero-order valence-corrected chi connectivity index (χ0v) is 11.8. The summed E-state index contributed by atoms with van der Waals surface area (Å²) < 4.78 is 5.74. The summed E-state index contributed by atoms with van der Waals surface area (Å²) in [6, 6.07) is 5.53. The van der Waals surface area contributed by atoms with Gasteiger partial charge in [-0.3, -0.25) is 11.3 Å². The maximum atomic E-state index is 6.17. The summed E-state index contributed by atoms with van der Waals surface area (Å²) in [6.07, 6.45) is 1.92. The van der Waals surface area contributed by atoms with Gasteiger partial charge in [0.25, 0.3) is 0 Å². The molecule has 18 heavy (non-hydrogen) atoms. The van der Waals surface area contributed by atoms with E-state index < -0.39 is 0 Å². The van der Waals surface area contributed by atoms with Gasteiger partial charge in [0.15, 0.2) is 0 Å². The van der Waals surface area contributed by atoms with Crippen molar-refractivity contribution in [2.45, 2.75) is 31.9 Å². The van der Waals surface area contributed by atoms with E-state index in [1.807, 2.05) is 12.1 Å². The molecule has 3 N–H and O–H groups in total. The van der Waals surface area contributed by atoms with E-state index in [1.165, 1.54) is 0 Å². The van der Waals surface area contributed by atoms with Gasteiger partial charge < -0.3 is 4.74 Å². The molecule has 1 aromatic rings. The van der Waals surface area contributed by atoms with Crippen molar-refractivity contribution in [1.29, 1.82) is 0 Å². The summed E-state index contributed by atoms with van der Waals surface area (Å²) in [4.78, 5) is 0. The molecule has 1 heterocycles. The molecule has 0 bridgehead atoms. The molecular formula is C13H18Cl2N2O. The SMILES string of the molecule is CC1CCOC1C(Cc1cc(Cl)ccc1Cl)NN. The first-order valence-electron chi connectivity index (χ1n) is 6.13. The third-order valence-electron chi connectivity index (χ3n) is 3.50. The molecule has 0 amide bonds. The Morgan fingerprint density at radius 1 is 1.50 bits per heavy atom. The lowest BCUT2D eigenvalue weighted by Crippen LogP contribution is -2.47. The normalized spacial score (nSPS) is 25.3. The fraction of sp³-hybridized carbons (Fsp3) is 0.538. The summed E-state index contributed by atoms with van der Waals surface area (Å²) in [5, 5.41) is 1.40. The number of hydrogen-bond acceptors (Lipinski definition) is 3. The van der Waals surface area contributed by atoms with Crippen LogP contribution in [-0.4, -0.2) is 18.8 Å². The molecule has 0 saturated carbocycles. The molecule has 0 spiro atoms. The molecule has 0 radical (unpaired) electrons. The number of benzene rings is 1. The predicted octanol–water partition coefficient (Wildman–Crippen LogP) is 2.79. The van der Waals surface area contributed by atoms with E-state index in [1.54, 1.807) is 6.07 Å². The number of rotatable bonds is 4. The van der Waals surface area contributed by atoms with Gasteiger partial charge in [-0.05, 0) is 42.5 Å². The summed E-state index contributed by atoms with van der Waals surface area (Å²) in [7, 11) is 0. The molecule has 5 heteroatoms. The first kappa shape index (κ1) is 14.1. The van der Waals surface area contributed by atoms with Gasteiger partial charge in [0.1, 0.15) is 0 Å². The molecule has 1 aliphatic rings. The average Bonchev–Trinajstić information content (AvgIpc) is 2.77. The lowest BCUT2D eigenvalue weighted by molar-refractivity contribution is 0.0610. The largest absolute Gasteiger partial charge is 0.376 e. The van der Waals surface area contributed by atoms with Crippen LogP contribution in [0.25, 0.3) is 0 Å². The van der Waals surface area contributed by atoms with Crippen LogP contribution < -0.4 is 11.3 Å². The Morgan fingerprint density at radius 3 is 2.89 bits per heavy atom. The van der Waals surface area contributed by atoms with Crippen LogP contribution >= 0.6 is 23.2 Å². The first-order valence-corrected chi connectivity index (χ1v) is 6.89. The van der Waals surface area contributed by atoms with Crippen molar-refractivity contribution in [3.05, 3.63) is 33.8 Å². The maximum absolute atomic E-state index is 6.17. The number of hydrogen-bond donors (Lipinski definition) is 2. The van der Waals surface area contributed by atoms with Gasteiger partial charge in [0.2, 0.25) is 0 Å². The predicted molar refractivity (Wildman–Crippen MR) is 74.8 cm³/mol. The Labute approximate surface area is 118 Å². The molecule has 1 aromatic carbocycles. The molecule has 3 nitrogen and oxygen atoms in total. The summed E-state index contributed by atoms with van der Waals surface area (Å²) in [6.45, 7) is 2.98. The van der Waals surface area contributed by atoms with E-state index in [2.05, 4.69) is 12.3 Å². The number of ether oxygens (including phenoxy) is 1.